The molecule has 1 aromatic carbocycles. The summed E-state index contributed by atoms with van der Waals surface area (Å²) in [6.45, 7) is 4.00. The van der Waals surface area contributed by atoms with Crippen molar-refractivity contribution in [3.05, 3.63) is 30.6 Å². The van der Waals surface area contributed by atoms with Crippen molar-refractivity contribution in [2.75, 3.05) is 7.05 Å². The van der Waals surface area contributed by atoms with Crippen LogP contribution in [0.3, 0.4) is 0 Å². The monoisotopic (exact) mass is 179 g/mol. The molecule has 0 amide bonds. The Kier molecular flexibility index (Phi) is 6.55. The molecule has 0 unspecified atom stereocenters. The number of fused-ring (bicyclic) bond motifs is 1. The van der Waals surface area contributed by atoms with Gasteiger partial charge in [-0.25, -0.2) is 4.98 Å². The molecule has 0 aliphatic rings. The molecule has 0 aliphatic heterocycles. The van der Waals surface area contributed by atoms with Gasteiger partial charge in [-0.2, -0.15) is 0 Å². The maximum Gasteiger partial charge on any atom is 0.0931 e. The van der Waals surface area contributed by atoms with Crippen molar-refractivity contribution in [2.24, 2.45) is 5.73 Å². The molecule has 2 aromatic rings. The summed E-state index contributed by atoms with van der Waals surface area (Å²) in [5, 5.41) is 0. The first-order valence-electron chi connectivity index (χ1n) is 4.43. The standard InChI is InChI=1S/C7H6N2.C2H6.CH5N/c1-2-4-7-6(3-1)8-5-9-7;2*1-2/h1-5H,(H,8,9);1-2H3;2H2,1H3. The summed E-state index contributed by atoms with van der Waals surface area (Å²) in [6, 6.07) is 7.94. The number of hydrogen-bond donors (Lipinski definition) is 2. The maximum absolute atomic E-state index is 4.50. The molecular weight excluding hydrogens is 162 g/mol. The third-order valence-electron chi connectivity index (χ3n) is 1.33. The van der Waals surface area contributed by atoms with Crippen LogP contribution in [0.25, 0.3) is 11.0 Å². The molecule has 0 radical (unpaired) electrons. The van der Waals surface area contributed by atoms with Crippen LogP contribution in [0.15, 0.2) is 30.6 Å². The second-order valence-corrected chi connectivity index (χ2v) is 1.92. The topological polar surface area (TPSA) is 54.7 Å². The molecule has 0 atom stereocenters. The van der Waals surface area contributed by atoms with Gasteiger partial charge in [0, 0.05) is 0 Å². The number of aromatic amines is 1. The van der Waals surface area contributed by atoms with E-state index in [-0.39, 0.29) is 0 Å². The van der Waals surface area contributed by atoms with Gasteiger partial charge in [0.25, 0.3) is 0 Å². The number of rotatable bonds is 0. The van der Waals surface area contributed by atoms with Gasteiger partial charge in [0.2, 0.25) is 0 Å². The van der Waals surface area contributed by atoms with E-state index >= 15 is 0 Å². The minimum atomic E-state index is 1.03. The second-order valence-electron chi connectivity index (χ2n) is 1.92. The van der Waals surface area contributed by atoms with Gasteiger partial charge in [0.1, 0.15) is 0 Å². The number of hydrogen-bond acceptors (Lipinski definition) is 2. The van der Waals surface area contributed by atoms with Crippen LogP contribution < -0.4 is 5.73 Å². The molecule has 1 heterocycles. The molecule has 3 N–H and O–H groups in total. The molecule has 0 bridgehead atoms. The summed E-state index contributed by atoms with van der Waals surface area (Å²) in [5.74, 6) is 0. The number of para-hydroxylation sites is 2. The largest absolute Gasteiger partial charge is 0.345 e. The summed E-state index contributed by atoms with van der Waals surface area (Å²) in [6.07, 6.45) is 1.70. The van der Waals surface area contributed by atoms with E-state index in [1.165, 1.54) is 7.05 Å². The van der Waals surface area contributed by atoms with Crippen molar-refractivity contribution in [3.63, 3.8) is 0 Å². The third-order valence-corrected chi connectivity index (χ3v) is 1.33. The maximum atomic E-state index is 4.50. The first-order valence-corrected chi connectivity index (χ1v) is 4.43. The lowest BCUT2D eigenvalue weighted by Gasteiger charge is -1.81. The van der Waals surface area contributed by atoms with Crippen molar-refractivity contribution >= 4 is 11.0 Å². The van der Waals surface area contributed by atoms with E-state index < -0.39 is 0 Å². The Bertz CT molecular complexity index is 284. The predicted octanol–water partition coefficient (Wildman–Crippen LogP) is 2.16. The third kappa shape index (κ3) is 3.25. The fourth-order valence-electron chi connectivity index (χ4n) is 0.880. The fraction of sp³-hybridized carbons (Fsp3) is 0.300. The van der Waals surface area contributed by atoms with E-state index in [4.69, 9.17) is 0 Å². The minimum absolute atomic E-state index is 1.03. The zero-order chi connectivity index (χ0) is 10.1. The Labute approximate surface area is 79.0 Å². The highest BCUT2D eigenvalue weighted by molar-refractivity contribution is 5.73. The molecule has 3 heteroatoms. The Balaban J connectivity index is 0.000000322. The van der Waals surface area contributed by atoms with Gasteiger partial charge in [-0.05, 0) is 19.2 Å². The Morgan fingerprint density at radius 1 is 1.15 bits per heavy atom. The van der Waals surface area contributed by atoms with Crippen LogP contribution in [0.4, 0.5) is 0 Å². The summed E-state index contributed by atoms with van der Waals surface area (Å²) >= 11 is 0. The number of nitrogens with two attached hydrogens (primary N) is 1. The molecule has 13 heavy (non-hydrogen) atoms. The number of nitrogens with one attached hydrogen (secondary N) is 1. The molecule has 0 spiro atoms. The Morgan fingerprint density at radius 2 is 1.77 bits per heavy atom. The lowest BCUT2D eigenvalue weighted by Crippen LogP contribution is -1.69. The number of aromatic nitrogens is 2. The fourth-order valence-corrected chi connectivity index (χ4v) is 0.880. The molecule has 2 rings (SSSR count). The molecule has 0 aliphatic carbocycles. The number of imidazole rings is 1. The molecule has 3 nitrogen and oxygen atoms in total. The average Bonchev–Trinajstić information content (AvgIpc) is 2.71. The summed E-state index contributed by atoms with van der Waals surface area (Å²) in [5.41, 5.74) is 6.62. The van der Waals surface area contributed by atoms with E-state index in [1.54, 1.807) is 6.33 Å². The van der Waals surface area contributed by atoms with E-state index in [1.807, 2.05) is 38.1 Å². The minimum Gasteiger partial charge on any atom is -0.345 e. The van der Waals surface area contributed by atoms with Gasteiger partial charge in [-0.1, -0.05) is 26.0 Å². The van der Waals surface area contributed by atoms with Crippen LogP contribution in [0.1, 0.15) is 13.8 Å². The molecule has 0 saturated heterocycles. The van der Waals surface area contributed by atoms with E-state index in [2.05, 4.69) is 15.7 Å². The van der Waals surface area contributed by atoms with E-state index in [0.29, 0.717) is 0 Å². The van der Waals surface area contributed by atoms with Crippen LogP contribution in [-0.4, -0.2) is 17.0 Å². The molecule has 72 valence electrons. The smallest absolute Gasteiger partial charge is 0.0931 e. The van der Waals surface area contributed by atoms with Gasteiger partial charge in [0.05, 0.1) is 17.4 Å². The van der Waals surface area contributed by atoms with E-state index in [0.717, 1.165) is 11.0 Å². The SMILES string of the molecule is CC.CN.c1ccc2[nH]cnc2c1. The van der Waals surface area contributed by atoms with Crippen molar-refractivity contribution < 1.29 is 0 Å². The number of nitrogens with zero attached hydrogens (tertiary/aromatic N) is 1. The molecular formula is C10H17N3. The van der Waals surface area contributed by atoms with Crippen LogP contribution >= 0.6 is 0 Å². The van der Waals surface area contributed by atoms with Gasteiger partial charge in [-0.15, -0.1) is 0 Å². The Morgan fingerprint density at radius 3 is 2.38 bits per heavy atom. The highest BCUT2D eigenvalue weighted by atomic mass is 14.9. The number of benzene rings is 1. The average molecular weight is 179 g/mol. The van der Waals surface area contributed by atoms with Crippen molar-refractivity contribution in [2.45, 2.75) is 13.8 Å². The van der Waals surface area contributed by atoms with Crippen LogP contribution in [0, 0.1) is 0 Å². The quantitative estimate of drug-likeness (QED) is 0.651. The predicted molar refractivity (Wildman–Crippen MR) is 57.6 cm³/mol. The zero-order valence-corrected chi connectivity index (χ0v) is 8.41. The highest BCUT2D eigenvalue weighted by Gasteiger charge is 1.88. The van der Waals surface area contributed by atoms with Gasteiger partial charge < -0.3 is 10.7 Å². The second kappa shape index (κ2) is 7.31. The normalized spacial score (nSPS) is 8.00. The van der Waals surface area contributed by atoms with Crippen LogP contribution in [0.5, 0.6) is 0 Å². The van der Waals surface area contributed by atoms with Crippen molar-refractivity contribution in [1.29, 1.82) is 0 Å². The lowest BCUT2D eigenvalue weighted by molar-refractivity contribution is 1.34. The highest BCUT2D eigenvalue weighted by Crippen LogP contribution is 2.05. The van der Waals surface area contributed by atoms with Gasteiger partial charge in [-0.3, -0.25) is 0 Å². The van der Waals surface area contributed by atoms with Gasteiger partial charge >= 0.3 is 0 Å². The van der Waals surface area contributed by atoms with Crippen LogP contribution in [0.2, 0.25) is 0 Å². The van der Waals surface area contributed by atoms with E-state index in [9.17, 15) is 0 Å². The summed E-state index contributed by atoms with van der Waals surface area (Å²) in [7, 11) is 1.50. The first kappa shape index (κ1) is 11.6. The summed E-state index contributed by atoms with van der Waals surface area (Å²) < 4.78 is 0. The molecule has 0 saturated carbocycles. The molecule has 1 aromatic heterocycles. The lowest BCUT2D eigenvalue weighted by atomic mass is 10.3. The number of H-pyrrole nitrogens is 1. The summed E-state index contributed by atoms with van der Waals surface area (Å²) in [4.78, 5) is 7.07. The first-order chi connectivity index (χ1) is 6.47. The van der Waals surface area contributed by atoms with Crippen molar-refractivity contribution in [1.82, 2.24) is 9.97 Å². The molecule has 0 fully saturated rings. The zero-order valence-electron chi connectivity index (χ0n) is 8.41. The Hall–Kier alpha value is -1.35. The van der Waals surface area contributed by atoms with Crippen molar-refractivity contribution in [3.8, 4) is 0 Å². The van der Waals surface area contributed by atoms with Gasteiger partial charge in [0.15, 0.2) is 0 Å². The van der Waals surface area contributed by atoms with Crippen LogP contribution in [-0.2, 0) is 0 Å².